The Morgan fingerprint density at radius 2 is 1.85 bits per heavy atom. The number of nitrogens with zero attached hydrogens (tertiary/aromatic N) is 2. The van der Waals surface area contributed by atoms with Gasteiger partial charge in [0.1, 0.15) is 0 Å². The molecule has 0 aliphatic carbocycles. The minimum atomic E-state index is 0.145. The van der Waals surface area contributed by atoms with E-state index in [0.29, 0.717) is 5.92 Å². The molecule has 134 valence electrons. The number of likely N-dealkylation sites (tertiary alicyclic amines) is 1. The Labute approximate surface area is 154 Å². The van der Waals surface area contributed by atoms with Gasteiger partial charge in [-0.05, 0) is 48.6 Å². The first-order valence-electron chi connectivity index (χ1n) is 9.26. The van der Waals surface area contributed by atoms with Crippen LogP contribution in [0.5, 0.6) is 0 Å². The van der Waals surface area contributed by atoms with Gasteiger partial charge in [-0.15, -0.1) is 0 Å². The van der Waals surface area contributed by atoms with Crippen molar-refractivity contribution in [2.75, 3.05) is 32.1 Å². The van der Waals surface area contributed by atoms with Crippen LogP contribution in [-0.4, -0.2) is 43.0 Å². The highest BCUT2D eigenvalue weighted by atomic mass is 16.2. The molecule has 0 radical (unpaired) electrons. The molecule has 1 N–H and O–H groups in total. The second-order valence-corrected chi connectivity index (χ2v) is 7.30. The normalized spacial score (nSPS) is 15.4. The number of amides is 1. The summed E-state index contributed by atoms with van der Waals surface area (Å²) < 4.78 is 0. The lowest BCUT2D eigenvalue weighted by Crippen LogP contribution is -2.37. The number of hydrogen-bond donors (Lipinski definition) is 1. The number of rotatable bonds is 3. The number of fused-ring (bicyclic) bond motifs is 1. The van der Waals surface area contributed by atoms with Gasteiger partial charge in [0.25, 0.3) is 5.91 Å². The number of benzene rings is 2. The van der Waals surface area contributed by atoms with Gasteiger partial charge in [0.15, 0.2) is 0 Å². The zero-order chi connectivity index (χ0) is 18.1. The first-order valence-corrected chi connectivity index (χ1v) is 9.26. The number of carbonyl (C=O) groups excluding carboxylic acids is 1. The predicted octanol–water partition coefficient (Wildman–Crippen LogP) is 4.25. The van der Waals surface area contributed by atoms with E-state index in [4.69, 9.17) is 0 Å². The zero-order valence-electron chi connectivity index (χ0n) is 15.4. The van der Waals surface area contributed by atoms with Gasteiger partial charge >= 0.3 is 0 Å². The van der Waals surface area contributed by atoms with Crippen molar-refractivity contribution < 1.29 is 4.79 Å². The summed E-state index contributed by atoms with van der Waals surface area (Å²) in [5, 5.41) is 1.32. The van der Waals surface area contributed by atoms with Crippen LogP contribution in [0.3, 0.4) is 0 Å². The lowest BCUT2D eigenvalue weighted by molar-refractivity contribution is 0.0713. The molecular formula is C22H25N3O. The number of aromatic amines is 1. The summed E-state index contributed by atoms with van der Waals surface area (Å²) in [6.45, 7) is 1.63. The summed E-state index contributed by atoms with van der Waals surface area (Å²) >= 11 is 0. The van der Waals surface area contributed by atoms with Gasteiger partial charge in [0, 0.05) is 55.5 Å². The largest absolute Gasteiger partial charge is 0.378 e. The molecule has 3 aromatic rings. The van der Waals surface area contributed by atoms with Crippen molar-refractivity contribution in [2.24, 2.45) is 0 Å². The Kier molecular flexibility index (Phi) is 4.41. The third-order valence-corrected chi connectivity index (χ3v) is 5.45. The molecule has 4 heteroatoms. The summed E-state index contributed by atoms with van der Waals surface area (Å²) in [4.78, 5) is 20.3. The molecule has 1 fully saturated rings. The van der Waals surface area contributed by atoms with Crippen LogP contribution >= 0.6 is 0 Å². The Morgan fingerprint density at radius 3 is 2.62 bits per heavy atom. The molecule has 1 aliphatic heterocycles. The molecular weight excluding hydrogens is 322 g/mol. The molecule has 1 aromatic heterocycles. The van der Waals surface area contributed by atoms with Crippen LogP contribution in [0.2, 0.25) is 0 Å². The molecule has 2 aromatic carbocycles. The third kappa shape index (κ3) is 3.07. The van der Waals surface area contributed by atoms with Crippen molar-refractivity contribution in [3.8, 4) is 0 Å². The minimum Gasteiger partial charge on any atom is -0.378 e. The molecule has 26 heavy (non-hydrogen) atoms. The molecule has 2 heterocycles. The lowest BCUT2D eigenvalue weighted by atomic mass is 9.89. The summed E-state index contributed by atoms with van der Waals surface area (Å²) in [5.41, 5.74) is 4.43. The minimum absolute atomic E-state index is 0.145. The molecule has 0 bridgehead atoms. The van der Waals surface area contributed by atoms with Crippen LogP contribution < -0.4 is 4.90 Å². The van der Waals surface area contributed by atoms with Crippen LogP contribution in [-0.2, 0) is 0 Å². The van der Waals surface area contributed by atoms with Gasteiger partial charge in [0.05, 0.1) is 0 Å². The maximum atomic E-state index is 12.9. The number of aromatic nitrogens is 1. The van der Waals surface area contributed by atoms with E-state index < -0.39 is 0 Å². The number of nitrogens with one attached hydrogen (secondary N) is 1. The molecule has 1 amide bonds. The Bertz CT molecular complexity index is 920. The number of piperidine rings is 1. The highest BCUT2D eigenvalue weighted by Gasteiger charge is 2.26. The highest BCUT2D eigenvalue weighted by Crippen LogP contribution is 2.33. The average Bonchev–Trinajstić information content (AvgIpc) is 3.12. The maximum absolute atomic E-state index is 12.9. The number of H-pyrrole nitrogens is 1. The van der Waals surface area contributed by atoms with E-state index in [2.05, 4.69) is 35.4 Å². The summed E-state index contributed by atoms with van der Waals surface area (Å²) in [6, 6.07) is 16.3. The molecule has 4 nitrogen and oxygen atoms in total. The quantitative estimate of drug-likeness (QED) is 0.769. The van der Waals surface area contributed by atoms with Crippen LogP contribution in [0.15, 0.2) is 54.7 Å². The molecule has 0 spiro atoms. The van der Waals surface area contributed by atoms with Crippen LogP contribution in [0.1, 0.15) is 34.7 Å². The van der Waals surface area contributed by atoms with E-state index in [1.807, 2.05) is 48.2 Å². The fourth-order valence-electron chi connectivity index (χ4n) is 3.92. The standard InChI is InChI=1S/C22H25N3O/c1-24(2)18-7-5-6-17(14-18)22(26)25-12-10-16(11-13-25)20-15-23-21-9-4-3-8-19(20)21/h3-9,14-16,23H,10-13H2,1-2H3. The second kappa shape index (κ2) is 6.87. The summed E-state index contributed by atoms with van der Waals surface area (Å²) in [6.07, 6.45) is 4.18. The van der Waals surface area contributed by atoms with Gasteiger partial charge in [-0.1, -0.05) is 24.3 Å². The Morgan fingerprint density at radius 1 is 1.08 bits per heavy atom. The predicted molar refractivity (Wildman–Crippen MR) is 107 cm³/mol. The SMILES string of the molecule is CN(C)c1cccc(C(=O)N2CCC(c3c[nH]c4ccccc34)CC2)c1. The third-order valence-electron chi connectivity index (χ3n) is 5.45. The molecule has 0 atom stereocenters. The number of para-hydroxylation sites is 1. The van der Waals surface area contributed by atoms with Crippen molar-refractivity contribution in [1.29, 1.82) is 0 Å². The number of carbonyl (C=O) groups is 1. The highest BCUT2D eigenvalue weighted by molar-refractivity contribution is 5.95. The second-order valence-electron chi connectivity index (χ2n) is 7.30. The summed E-state index contributed by atoms with van der Waals surface area (Å²) in [5.74, 6) is 0.661. The monoisotopic (exact) mass is 347 g/mol. The Balaban J connectivity index is 1.46. The van der Waals surface area contributed by atoms with E-state index in [1.165, 1.54) is 16.5 Å². The number of hydrogen-bond acceptors (Lipinski definition) is 2. The molecule has 0 unspecified atom stereocenters. The zero-order valence-corrected chi connectivity index (χ0v) is 15.4. The van der Waals surface area contributed by atoms with E-state index >= 15 is 0 Å². The van der Waals surface area contributed by atoms with Crippen LogP contribution in [0.25, 0.3) is 10.9 Å². The fourth-order valence-corrected chi connectivity index (χ4v) is 3.92. The van der Waals surface area contributed by atoms with E-state index in [9.17, 15) is 4.79 Å². The Hall–Kier alpha value is -2.75. The lowest BCUT2D eigenvalue weighted by Gasteiger charge is -2.32. The van der Waals surface area contributed by atoms with E-state index in [-0.39, 0.29) is 5.91 Å². The van der Waals surface area contributed by atoms with Crippen molar-refractivity contribution in [3.63, 3.8) is 0 Å². The molecule has 1 aliphatic rings. The number of anilines is 1. The smallest absolute Gasteiger partial charge is 0.253 e. The molecule has 1 saturated heterocycles. The first kappa shape index (κ1) is 16.7. The average molecular weight is 347 g/mol. The van der Waals surface area contributed by atoms with Crippen molar-refractivity contribution in [2.45, 2.75) is 18.8 Å². The topological polar surface area (TPSA) is 39.3 Å². The molecule has 4 rings (SSSR count). The van der Waals surface area contributed by atoms with Crippen LogP contribution in [0.4, 0.5) is 5.69 Å². The van der Waals surface area contributed by atoms with E-state index in [0.717, 1.165) is 37.2 Å². The van der Waals surface area contributed by atoms with Crippen molar-refractivity contribution in [3.05, 3.63) is 65.9 Å². The van der Waals surface area contributed by atoms with E-state index in [1.54, 1.807) is 0 Å². The van der Waals surface area contributed by atoms with Gasteiger partial charge in [-0.25, -0.2) is 0 Å². The maximum Gasteiger partial charge on any atom is 0.253 e. The van der Waals surface area contributed by atoms with Crippen LogP contribution in [0, 0.1) is 0 Å². The van der Waals surface area contributed by atoms with Gasteiger partial charge in [-0.3, -0.25) is 4.79 Å². The first-order chi connectivity index (χ1) is 12.6. The van der Waals surface area contributed by atoms with Crippen molar-refractivity contribution >= 4 is 22.5 Å². The summed E-state index contributed by atoms with van der Waals surface area (Å²) in [7, 11) is 3.99. The van der Waals surface area contributed by atoms with Crippen molar-refractivity contribution in [1.82, 2.24) is 9.88 Å². The fraction of sp³-hybridized carbons (Fsp3) is 0.318. The van der Waals surface area contributed by atoms with Gasteiger partial charge in [0.2, 0.25) is 0 Å². The molecule has 0 saturated carbocycles. The van der Waals surface area contributed by atoms with Gasteiger partial charge < -0.3 is 14.8 Å². The van der Waals surface area contributed by atoms with Gasteiger partial charge in [-0.2, -0.15) is 0 Å².